The molecule has 2 rings (SSSR count). The van der Waals surface area contributed by atoms with Crippen LogP contribution in [0.3, 0.4) is 0 Å². The van der Waals surface area contributed by atoms with Crippen molar-refractivity contribution in [1.29, 1.82) is 0 Å². The predicted octanol–water partition coefficient (Wildman–Crippen LogP) is 1.96. The number of rotatable bonds is 8. The van der Waals surface area contributed by atoms with Gasteiger partial charge in [-0.1, -0.05) is 30.3 Å². The topological polar surface area (TPSA) is 97.4 Å². The minimum Gasteiger partial charge on any atom is -0.466 e. The molecule has 1 saturated heterocycles. The first-order valence-corrected chi connectivity index (χ1v) is 9.04. The molecule has 1 heterocycles. The molecule has 1 aromatic carbocycles. The third-order valence-electron chi connectivity index (χ3n) is 4.36. The molecule has 0 aliphatic carbocycles. The highest BCUT2D eigenvalue weighted by Gasteiger charge is 2.52. The summed E-state index contributed by atoms with van der Waals surface area (Å²) >= 11 is 0. The van der Waals surface area contributed by atoms with Gasteiger partial charge in [0, 0.05) is 34.3 Å². The van der Waals surface area contributed by atoms with E-state index in [1.54, 1.807) is 0 Å². The number of esters is 3. The normalized spacial score (nSPS) is 25.0. The lowest BCUT2D eigenvalue weighted by Crippen LogP contribution is -2.44. The standard InChI is InChI=1S/C20H26O8/c1-12(21)25-11-10-16(24-4)18-20(27-14(3)23)19(26-13(2)22)17(28-18)15-8-6-5-7-9-15/h5-9,16-20H,10-11H2,1-4H3/t16-,17-,18+,19-,20-/m1/s1. The third kappa shape index (κ3) is 5.77. The van der Waals surface area contributed by atoms with Crippen LogP contribution in [-0.2, 0) is 38.1 Å². The van der Waals surface area contributed by atoms with Gasteiger partial charge in [0.2, 0.25) is 0 Å². The highest BCUT2D eigenvalue weighted by molar-refractivity contribution is 5.67. The zero-order valence-corrected chi connectivity index (χ0v) is 16.5. The first-order valence-electron chi connectivity index (χ1n) is 9.04. The van der Waals surface area contributed by atoms with E-state index in [1.165, 1.54) is 27.9 Å². The molecule has 0 N–H and O–H groups in total. The second-order valence-corrected chi connectivity index (χ2v) is 6.48. The Bertz CT molecular complexity index is 674. The molecule has 1 aromatic rings. The zero-order chi connectivity index (χ0) is 20.7. The molecule has 8 heteroatoms. The quantitative estimate of drug-likeness (QED) is 0.488. The van der Waals surface area contributed by atoms with E-state index in [9.17, 15) is 14.4 Å². The molecule has 5 atom stereocenters. The van der Waals surface area contributed by atoms with Crippen molar-refractivity contribution >= 4 is 17.9 Å². The lowest BCUT2D eigenvalue weighted by atomic mass is 9.98. The average Bonchev–Trinajstić information content (AvgIpc) is 2.96. The van der Waals surface area contributed by atoms with Gasteiger partial charge in [-0.3, -0.25) is 14.4 Å². The summed E-state index contributed by atoms with van der Waals surface area (Å²) in [6, 6.07) is 9.22. The van der Waals surface area contributed by atoms with E-state index in [2.05, 4.69) is 0 Å². The van der Waals surface area contributed by atoms with Crippen LogP contribution in [0.2, 0.25) is 0 Å². The SMILES string of the molecule is CO[C@H](CCOC(C)=O)[C@@H]1O[C@H](c2ccccc2)[C@@H](OC(C)=O)[C@@H]1OC(C)=O. The molecule has 0 amide bonds. The van der Waals surface area contributed by atoms with Crippen LogP contribution in [0.5, 0.6) is 0 Å². The summed E-state index contributed by atoms with van der Waals surface area (Å²) < 4.78 is 27.6. The van der Waals surface area contributed by atoms with Gasteiger partial charge in [-0.15, -0.1) is 0 Å². The minimum absolute atomic E-state index is 0.120. The maximum atomic E-state index is 11.7. The second-order valence-electron chi connectivity index (χ2n) is 6.48. The van der Waals surface area contributed by atoms with Crippen LogP contribution in [0.25, 0.3) is 0 Å². The summed E-state index contributed by atoms with van der Waals surface area (Å²) in [6.45, 7) is 4.00. The van der Waals surface area contributed by atoms with E-state index >= 15 is 0 Å². The Morgan fingerprint density at radius 3 is 2.11 bits per heavy atom. The summed E-state index contributed by atoms with van der Waals surface area (Å²) in [5, 5.41) is 0. The lowest BCUT2D eigenvalue weighted by molar-refractivity contribution is -0.166. The first kappa shape index (κ1) is 21.8. The van der Waals surface area contributed by atoms with E-state index < -0.39 is 48.4 Å². The maximum absolute atomic E-state index is 11.7. The van der Waals surface area contributed by atoms with Gasteiger partial charge in [0.1, 0.15) is 12.2 Å². The molecule has 28 heavy (non-hydrogen) atoms. The Kier molecular flexibility index (Phi) is 7.95. The maximum Gasteiger partial charge on any atom is 0.303 e. The fraction of sp³-hybridized carbons (Fsp3) is 0.550. The largest absolute Gasteiger partial charge is 0.466 e. The monoisotopic (exact) mass is 394 g/mol. The number of carbonyl (C=O) groups excluding carboxylic acids is 3. The molecule has 0 saturated carbocycles. The van der Waals surface area contributed by atoms with E-state index in [-0.39, 0.29) is 6.61 Å². The molecular formula is C20H26O8. The highest BCUT2D eigenvalue weighted by atomic mass is 16.6. The van der Waals surface area contributed by atoms with Crippen LogP contribution in [0, 0.1) is 0 Å². The smallest absolute Gasteiger partial charge is 0.303 e. The van der Waals surface area contributed by atoms with Gasteiger partial charge in [-0.05, 0) is 5.56 Å². The number of carbonyl (C=O) groups is 3. The molecule has 0 spiro atoms. The Morgan fingerprint density at radius 2 is 1.57 bits per heavy atom. The third-order valence-corrected chi connectivity index (χ3v) is 4.36. The molecule has 1 aliphatic rings. The molecule has 1 aliphatic heterocycles. The van der Waals surface area contributed by atoms with E-state index in [1.807, 2.05) is 30.3 Å². The van der Waals surface area contributed by atoms with Gasteiger partial charge >= 0.3 is 17.9 Å². The average molecular weight is 394 g/mol. The van der Waals surface area contributed by atoms with E-state index in [0.717, 1.165) is 5.56 Å². The summed E-state index contributed by atoms with van der Waals surface area (Å²) in [4.78, 5) is 34.4. The molecule has 154 valence electrons. The summed E-state index contributed by atoms with van der Waals surface area (Å²) in [5.74, 6) is -1.45. The summed E-state index contributed by atoms with van der Waals surface area (Å²) in [6.07, 6.45) is -3.26. The predicted molar refractivity (Wildman–Crippen MR) is 97.2 cm³/mol. The van der Waals surface area contributed by atoms with Crippen LogP contribution in [0.1, 0.15) is 38.9 Å². The number of benzene rings is 1. The highest BCUT2D eigenvalue weighted by Crippen LogP contribution is 2.39. The van der Waals surface area contributed by atoms with E-state index in [4.69, 9.17) is 23.7 Å². The van der Waals surface area contributed by atoms with Crippen LogP contribution >= 0.6 is 0 Å². The fourth-order valence-corrected chi connectivity index (χ4v) is 3.27. The Balaban J connectivity index is 2.31. The Labute approximate surface area is 164 Å². The van der Waals surface area contributed by atoms with Crippen molar-refractivity contribution in [3.63, 3.8) is 0 Å². The molecular weight excluding hydrogens is 368 g/mol. The van der Waals surface area contributed by atoms with Gasteiger partial charge < -0.3 is 23.7 Å². The molecule has 1 fully saturated rings. The van der Waals surface area contributed by atoms with Crippen molar-refractivity contribution in [3.05, 3.63) is 35.9 Å². The van der Waals surface area contributed by atoms with Gasteiger partial charge in [0.05, 0.1) is 12.7 Å². The summed E-state index contributed by atoms with van der Waals surface area (Å²) in [5.41, 5.74) is 0.781. The van der Waals surface area contributed by atoms with Crippen molar-refractivity contribution in [2.24, 2.45) is 0 Å². The van der Waals surface area contributed by atoms with Crippen molar-refractivity contribution in [3.8, 4) is 0 Å². The number of hydrogen-bond donors (Lipinski definition) is 0. The van der Waals surface area contributed by atoms with Gasteiger partial charge in [0.25, 0.3) is 0 Å². The van der Waals surface area contributed by atoms with Gasteiger partial charge in [-0.25, -0.2) is 0 Å². The van der Waals surface area contributed by atoms with Crippen LogP contribution in [-0.4, -0.2) is 56.0 Å². The molecule has 8 nitrogen and oxygen atoms in total. The Hall–Kier alpha value is -2.45. The molecule has 0 radical (unpaired) electrons. The van der Waals surface area contributed by atoms with Crippen molar-refractivity contribution in [1.82, 2.24) is 0 Å². The van der Waals surface area contributed by atoms with Crippen LogP contribution in [0.4, 0.5) is 0 Å². The summed E-state index contributed by atoms with van der Waals surface area (Å²) in [7, 11) is 1.49. The zero-order valence-electron chi connectivity index (χ0n) is 16.5. The number of hydrogen-bond acceptors (Lipinski definition) is 8. The fourth-order valence-electron chi connectivity index (χ4n) is 3.27. The van der Waals surface area contributed by atoms with Crippen molar-refractivity contribution < 1.29 is 38.1 Å². The van der Waals surface area contributed by atoms with E-state index in [0.29, 0.717) is 6.42 Å². The van der Waals surface area contributed by atoms with Gasteiger partial charge in [0.15, 0.2) is 12.2 Å². The molecule has 0 unspecified atom stereocenters. The second kappa shape index (κ2) is 10.2. The Morgan fingerprint density at radius 1 is 0.964 bits per heavy atom. The lowest BCUT2D eigenvalue weighted by Gasteiger charge is -2.27. The van der Waals surface area contributed by atoms with Crippen LogP contribution in [0.15, 0.2) is 30.3 Å². The number of methoxy groups -OCH3 is 1. The minimum atomic E-state index is -0.867. The molecule has 0 bridgehead atoms. The van der Waals surface area contributed by atoms with Gasteiger partial charge in [-0.2, -0.15) is 0 Å². The first-order chi connectivity index (χ1) is 13.3. The van der Waals surface area contributed by atoms with Crippen molar-refractivity contribution in [2.75, 3.05) is 13.7 Å². The van der Waals surface area contributed by atoms with Crippen LogP contribution < -0.4 is 0 Å². The molecule has 0 aromatic heterocycles. The van der Waals surface area contributed by atoms with Crippen molar-refractivity contribution in [2.45, 2.75) is 57.7 Å². The number of ether oxygens (including phenoxy) is 5.